The van der Waals surface area contributed by atoms with Gasteiger partial charge in [0, 0.05) is 12.1 Å². The van der Waals surface area contributed by atoms with Gasteiger partial charge < -0.3 is 10.4 Å². The zero-order valence-electron chi connectivity index (χ0n) is 10.9. The lowest BCUT2D eigenvalue weighted by atomic mass is 10.1. The minimum Gasteiger partial charge on any atom is -0.507 e. The smallest absolute Gasteiger partial charge is 0.251 e. The molecule has 100 valence electrons. The fraction of sp³-hybridized carbons (Fsp3) is 0.500. The number of rotatable bonds is 6. The number of aromatic hydroxyl groups is 1. The Balaban J connectivity index is 2.34. The van der Waals surface area contributed by atoms with Gasteiger partial charge in [-0.1, -0.05) is 26.7 Å². The highest BCUT2D eigenvalue weighted by atomic mass is 127. The number of carbonyl (C=O) groups is 1. The second-order valence-corrected chi connectivity index (χ2v) is 5.97. The van der Waals surface area contributed by atoms with Gasteiger partial charge in [-0.25, -0.2) is 0 Å². The first-order valence-electron chi connectivity index (χ1n) is 6.27. The van der Waals surface area contributed by atoms with Crippen molar-refractivity contribution in [2.45, 2.75) is 33.1 Å². The van der Waals surface area contributed by atoms with Crippen molar-refractivity contribution in [1.82, 2.24) is 5.32 Å². The van der Waals surface area contributed by atoms with E-state index in [-0.39, 0.29) is 11.7 Å². The van der Waals surface area contributed by atoms with Crippen LogP contribution in [0.15, 0.2) is 18.2 Å². The summed E-state index contributed by atoms with van der Waals surface area (Å²) < 4.78 is 0.751. The summed E-state index contributed by atoms with van der Waals surface area (Å²) in [4.78, 5) is 11.8. The van der Waals surface area contributed by atoms with Gasteiger partial charge in [0.15, 0.2) is 0 Å². The molecule has 0 heterocycles. The second kappa shape index (κ2) is 7.61. The van der Waals surface area contributed by atoms with Gasteiger partial charge >= 0.3 is 0 Å². The number of halogens is 1. The van der Waals surface area contributed by atoms with E-state index in [4.69, 9.17) is 0 Å². The molecule has 1 amide bonds. The zero-order valence-corrected chi connectivity index (χ0v) is 13.0. The molecule has 0 radical (unpaired) electrons. The monoisotopic (exact) mass is 361 g/mol. The summed E-state index contributed by atoms with van der Waals surface area (Å²) in [6.45, 7) is 5.10. The zero-order chi connectivity index (χ0) is 13.5. The molecule has 0 spiro atoms. The fourth-order valence-corrected chi connectivity index (χ4v) is 1.97. The molecule has 2 N–H and O–H groups in total. The number of hydrogen-bond acceptors (Lipinski definition) is 2. The van der Waals surface area contributed by atoms with E-state index in [0.717, 1.165) is 16.4 Å². The normalized spacial score (nSPS) is 10.7. The minimum atomic E-state index is -0.119. The summed E-state index contributed by atoms with van der Waals surface area (Å²) in [7, 11) is 0. The Morgan fingerprint density at radius 3 is 2.72 bits per heavy atom. The molecule has 0 saturated heterocycles. The highest BCUT2D eigenvalue weighted by molar-refractivity contribution is 14.1. The third-order valence-corrected chi connectivity index (χ3v) is 3.61. The molecular formula is C14H20INO2. The number of unbranched alkanes of at least 4 members (excludes halogenated alkanes) is 1. The van der Waals surface area contributed by atoms with Crippen LogP contribution in [0.25, 0.3) is 0 Å². The first-order valence-corrected chi connectivity index (χ1v) is 7.35. The highest BCUT2D eigenvalue weighted by Gasteiger charge is 2.07. The molecule has 3 nitrogen and oxygen atoms in total. The number of phenols is 1. The molecular weight excluding hydrogens is 341 g/mol. The molecule has 0 aliphatic carbocycles. The van der Waals surface area contributed by atoms with Gasteiger partial charge in [-0.2, -0.15) is 0 Å². The van der Waals surface area contributed by atoms with Crippen molar-refractivity contribution in [1.29, 1.82) is 0 Å². The number of carbonyl (C=O) groups excluding carboxylic acids is 1. The van der Waals surface area contributed by atoms with Crippen LogP contribution in [0.1, 0.15) is 43.5 Å². The van der Waals surface area contributed by atoms with Crippen LogP contribution in [0.5, 0.6) is 5.75 Å². The topological polar surface area (TPSA) is 49.3 Å². The van der Waals surface area contributed by atoms with E-state index in [0.29, 0.717) is 18.0 Å². The summed E-state index contributed by atoms with van der Waals surface area (Å²) in [5.41, 5.74) is 0.511. The van der Waals surface area contributed by atoms with Crippen LogP contribution in [-0.4, -0.2) is 17.6 Å². The van der Waals surface area contributed by atoms with Gasteiger partial charge in [0.2, 0.25) is 0 Å². The lowest BCUT2D eigenvalue weighted by Crippen LogP contribution is -2.24. The Bertz CT molecular complexity index is 405. The van der Waals surface area contributed by atoms with Gasteiger partial charge in [-0.15, -0.1) is 0 Å². The van der Waals surface area contributed by atoms with Crippen LogP contribution < -0.4 is 5.32 Å². The maximum atomic E-state index is 11.8. The van der Waals surface area contributed by atoms with Gasteiger partial charge in [0.25, 0.3) is 5.91 Å². The molecule has 0 unspecified atom stereocenters. The largest absolute Gasteiger partial charge is 0.507 e. The molecule has 18 heavy (non-hydrogen) atoms. The third kappa shape index (κ3) is 5.25. The van der Waals surface area contributed by atoms with E-state index in [9.17, 15) is 9.90 Å². The predicted octanol–water partition coefficient (Wildman–Crippen LogP) is 3.55. The predicted molar refractivity (Wildman–Crippen MR) is 81.8 cm³/mol. The molecule has 0 atom stereocenters. The van der Waals surface area contributed by atoms with E-state index < -0.39 is 0 Å². The molecule has 0 aliphatic heterocycles. The summed E-state index contributed by atoms with van der Waals surface area (Å²) in [5.74, 6) is 0.753. The highest BCUT2D eigenvalue weighted by Crippen LogP contribution is 2.20. The molecule has 0 aromatic heterocycles. The van der Waals surface area contributed by atoms with Crippen molar-refractivity contribution in [2.24, 2.45) is 5.92 Å². The van der Waals surface area contributed by atoms with Crippen LogP contribution in [0, 0.1) is 9.49 Å². The number of nitrogens with one attached hydrogen (secondary N) is 1. The van der Waals surface area contributed by atoms with Crippen molar-refractivity contribution >= 4 is 28.5 Å². The number of amides is 1. The lowest BCUT2D eigenvalue weighted by molar-refractivity contribution is 0.0952. The number of hydrogen-bond donors (Lipinski definition) is 2. The first kappa shape index (κ1) is 15.3. The van der Waals surface area contributed by atoms with E-state index >= 15 is 0 Å². The quantitative estimate of drug-likeness (QED) is 0.601. The second-order valence-electron chi connectivity index (χ2n) is 4.81. The summed E-state index contributed by atoms with van der Waals surface area (Å²) in [5, 5.41) is 12.4. The van der Waals surface area contributed by atoms with Crippen LogP contribution in [-0.2, 0) is 0 Å². The standard InChI is InChI=1S/C14H20INO2/c1-10(2)5-3-4-8-16-14(18)11-6-7-12(15)13(17)9-11/h6-7,9-10,17H,3-5,8H2,1-2H3,(H,16,18). The van der Waals surface area contributed by atoms with Gasteiger partial charge in [-0.3, -0.25) is 4.79 Å². The van der Waals surface area contributed by atoms with Crippen molar-refractivity contribution in [3.05, 3.63) is 27.3 Å². The van der Waals surface area contributed by atoms with E-state index in [2.05, 4.69) is 19.2 Å². The average Bonchev–Trinajstić information content (AvgIpc) is 2.31. The molecule has 0 aliphatic rings. The molecule has 1 rings (SSSR count). The van der Waals surface area contributed by atoms with Gasteiger partial charge in [-0.05, 0) is 53.1 Å². The van der Waals surface area contributed by atoms with Crippen LogP contribution >= 0.6 is 22.6 Å². The number of benzene rings is 1. The van der Waals surface area contributed by atoms with Crippen molar-refractivity contribution in [3.63, 3.8) is 0 Å². The van der Waals surface area contributed by atoms with Gasteiger partial charge in [0.1, 0.15) is 5.75 Å². The Hall–Kier alpha value is -0.780. The fourth-order valence-electron chi connectivity index (χ4n) is 1.64. The van der Waals surface area contributed by atoms with Crippen molar-refractivity contribution in [3.8, 4) is 5.75 Å². The molecule has 0 bridgehead atoms. The SMILES string of the molecule is CC(C)CCCCNC(=O)c1ccc(I)c(O)c1. The van der Waals surface area contributed by atoms with Crippen LogP contribution in [0.2, 0.25) is 0 Å². The molecule has 0 fully saturated rings. The Morgan fingerprint density at radius 1 is 1.39 bits per heavy atom. The minimum absolute atomic E-state index is 0.119. The lowest BCUT2D eigenvalue weighted by Gasteiger charge is -2.07. The molecule has 4 heteroatoms. The van der Waals surface area contributed by atoms with E-state index in [1.807, 2.05) is 22.6 Å². The maximum Gasteiger partial charge on any atom is 0.251 e. The van der Waals surface area contributed by atoms with Crippen LogP contribution in [0.3, 0.4) is 0 Å². The van der Waals surface area contributed by atoms with Gasteiger partial charge in [0.05, 0.1) is 3.57 Å². The molecule has 0 saturated carbocycles. The van der Waals surface area contributed by atoms with E-state index in [1.165, 1.54) is 12.5 Å². The average molecular weight is 361 g/mol. The molecule has 1 aromatic rings. The van der Waals surface area contributed by atoms with Crippen molar-refractivity contribution in [2.75, 3.05) is 6.54 Å². The number of phenolic OH excluding ortho intramolecular Hbond substituents is 1. The van der Waals surface area contributed by atoms with E-state index in [1.54, 1.807) is 12.1 Å². The molecule has 1 aromatic carbocycles. The summed E-state index contributed by atoms with van der Waals surface area (Å²) >= 11 is 2.03. The van der Waals surface area contributed by atoms with Crippen LogP contribution in [0.4, 0.5) is 0 Å². The Labute approximate surface area is 122 Å². The summed E-state index contributed by atoms with van der Waals surface area (Å²) in [6.07, 6.45) is 3.33. The Kier molecular flexibility index (Phi) is 6.46. The third-order valence-electron chi connectivity index (χ3n) is 2.70. The van der Waals surface area contributed by atoms with Crippen molar-refractivity contribution < 1.29 is 9.90 Å². The Morgan fingerprint density at radius 2 is 2.11 bits per heavy atom. The maximum absolute atomic E-state index is 11.8. The first-order chi connectivity index (χ1) is 8.50. The summed E-state index contributed by atoms with van der Waals surface area (Å²) in [6, 6.07) is 4.97.